The number of aryl methyl sites for hydroxylation is 1. The second kappa shape index (κ2) is 5.74. The Hall–Kier alpha value is -2.36. The standard InChI is InChI=1S/C16H17FN2O/c1-10-7-8-12(9-15(10)18)16(20)19-11(2)13-5-3-4-6-14(13)17/h3-9,11H,18H2,1-2H3,(H,19,20). The molecule has 0 spiro atoms. The fourth-order valence-corrected chi connectivity index (χ4v) is 1.97. The number of carbonyl (C=O) groups excluding carboxylic acids is 1. The van der Waals surface area contributed by atoms with Crippen molar-refractivity contribution in [2.45, 2.75) is 19.9 Å². The van der Waals surface area contributed by atoms with Crippen LogP contribution in [0, 0.1) is 12.7 Å². The molecule has 1 amide bonds. The van der Waals surface area contributed by atoms with Crippen LogP contribution in [0.2, 0.25) is 0 Å². The molecule has 2 aromatic rings. The van der Waals surface area contributed by atoms with Gasteiger partial charge in [-0.15, -0.1) is 0 Å². The van der Waals surface area contributed by atoms with Crippen LogP contribution in [0.15, 0.2) is 42.5 Å². The second-order valence-electron chi connectivity index (χ2n) is 4.79. The van der Waals surface area contributed by atoms with Crippen molar-refractivity contribution in [2.24, 2.45) is 0 Å². The summed E-state index contributed by atoms with van der Waals surface area (Å²) in [5, 5.41) is 2.77. The zero-order chi connectivity index (χ0) is 14.7. The first-order valence-electron chi connectivity index (χ1n) is 6.40. The highest BCUT2D eigenvalue weighted by molar-refractivity contribution is 5.95. The number of amides is 1. The monoisotopic (exact) mass is 272 g/mol. The molecule has 0 saturated heterocycles. The molecule has 1 unspecified atom stereocenters. The van der Waals surface area contributed by atoms with Crippen LogP contribution in [0.3, 0.4) is 0 Å². The van der Waals surface area contributed by atoms with Crippen LogP contribution < -0.4 is 11.1 Å². The lowest BCUT2D eigenvalue weighted by atomic mass is 10.1. The van der Waals surface area contributed by atoms with E-state index in [0.717, 1.165) is 5.56 Å². The van der Waals surface area contributed by atoms with Gasteiger partial charge in [-0.25, -0.2) is 4.39 Å². The Morgan fingerprint density at radius 3 is 2.60 bits per heavy atom. The Kier molecular flexibility index (Phi) is 4.03. The van der Waals surface area contributed by atoms with Crippen LogP contribution in [0.25, 0.3) is 0 Å². The van der Waals surface area contributed by atoms with Gasteiger partial charge < -0.3 is 11.1 Å². The van der Waals surface area contributed by atoms with E-state index >= 15 is 0 Å². The average Bonchev–Trinajstić information content (AvgIpc) is 2.42. The summed E-state index contributed by atoms with van der Waals surface area (Å²) in [5.74, 6) is -0.601. The maximum atomic E-state index is 13.6. The molecule has 0 heterocycles. The molecule has 0 bridgehead atoms. The van der Waals surface area contributed by atoms with Gasteiger partial charge in [-0.2, -0.15) is 0 Å². The number of nitrogen functional groups attached to an aromatic ring is 1. The smallest absolute Gasteiger partial charge is 0.251 e. The molecule has 4 heteroatoms. The van der Waals surface area contributed by atoms with Crippen LogP contribution in [0.4, 0.5) is 10.1 Å². The molecule has 2 aromatic carbocycles. The lowest BCUT2D eigenvalue weighted by Crippen LogP contribution is -2.27. The van der Waals surface area contributed by atoms with Crippen molar-refractivity contribution >= 4 is 11.6 Å². The van der Waals surface area contributed by atoms with E-state index in [4.69, 9.17) is 5.73 Å². The Morgan fingerprint density at radius 2 is 1.95 bits per heavy atom. The van der Waals surface area contributed by atoms with Crippen molar-refractivity contribution in [3.63, 3.8) is 0 Å². The van der Waals surface area contributed by atoms with Gasteiger partial charge in [0.1, 0.15) is 5.82 Å². The highest BCUT2D eigenvalue weighted by Gasteiger charge is 2.14. The zero-order valence-electron chi connectivity index (χ0n) is 11.5. The second-order valence-corrected chi connectivity index (χ2v) is 4.79. The van der Waals surface area contributed by atoms with Crippen molar-refractivity contribution in [3.05, 3.63) is 65.0 Å². The van der Waals surface area contributed by atoms with Crippen molar-refractivity contribution < 1.29 is 9.18 Å². The summed E-state index contributed by atoms with van der Waals surface area (Å²) in [5.41, 5.74) is 8.20. The molecule has 2 rings (SSSR count). The van der Waals surface area contributed by atoms with Crippen molar-refractivity contribution in [2.75, 3.05) is 5.73 Å². The van der Waals surface area contributed by atoms with Gasteiger partial charge in [0.15, 0.2) is 0 Å². The Labute approximate surface area is 117 Å². The molecule has 0 saturated carbocycles. The quantitative estimate of drug-likeness (QED) is 0.843. The van der Waals surface area contributed by atoms with Gasteiger partial charge in [0.2, 0.25) is 0 Å². The van der Waals surface area contributed by atoms with Crippen molar-refractivity contribution in [1.82, 2.24) is 5.32 Å². The lowest BCUT2D eigenvalue weighted by molar-refractivity contribution is 0.0939. The Balaban J connectivity index is 2.15. The average molecular weight is 272 g/mol. The van der Waals surface area contributed by atoms with E-state index in [2.05, 4.69) is 5.32 Å². The highest BCUT2D eigenvalue weighted by Crippen LogP contribution is 2.18. The number of nitrogens with one attached hydrogen (secondary N) is 1. The molecule has 104 valence electrons. The molecule has 0 aliphatic heterocycles. The number of hydrogen-bond acceptors (Lipinski definition) is 2. The van der Waals surface area contributed by atoms with E-state index in [1.54, 1.807) is 43.3 Å². The summed E-state index contributed by atoms with van der Waals surface area (Å²) in [4.78, 5) is 12.1. The Morgan fingerprint density at radius 1 is 1.25 bits per heavy atom. The normalized spacial score (nSPS) is 11.9. The summed E-state index contributed by atoms with van der Waals surface area (Å²) < 4.78 is 13.6. The predicted octanol–water partition coefficient (Wildman–Crippen LogP) is 3.21. The third-order valence-corrected chi connectivity index (χ3v) is 3.26. The minimum absolute atomic E-state index is 0.271. The third-order valence-electron chi connectivity index (χ3n) is 3.26. The summed E-state index contributed by atoms with van der Waals surface area (Å²) >= 11 is 0. The zero-order valence-corrected chi connectivity index (χ0v) is 11.5. The van der Waals surface area contributed by atoms with Crippen molar-refractivity contribution in [1.29, 1.82) is 0 Å². The molecule has 0 aliphatic carbocycles. The molecule has 0 aromatic heterocycles. The predicted molar refractivity (Wildman–Crippen MR) is 77.9 cm³/mol. The minimum atomic E-state index is -0.411. The number of anilines is 1. The van der Waals surface area contributed by atoms with Crippen LogP contribution in [-0.2, 0) is 0 Å². The van der Waals surface area contributed by atoms with Gasteiger partial charge in [0.05, 0.1) is 6.04 Å². The van der Waals surface area contributed by atoms with E-state index < -0.39 is 6.04 Å². The van der Waals surface area contributed by atoms with Crippen LogP contribution in [-0.4, -0.2) is 5.91 Å². The largest absolute Gasteiger partial charge is 0.398 e. The number of rotatable bonds is 3. The maximum absolute atomic E-state index is 13.6. The first-order chi connectivity index (χ1) is 9.49. The fraction of sp³-hybridized carbons (Fsp3) is 0.188. The van der Waals surface area contributed by atoms with Gasteiger partial charge in [0, 0.05) is 16.8 Å². The van der Waals surface area contributed by atoms with Gasteiger partial charge in [-0.1, -0.05) is 24.3 Å². The fourth-order valence-electron chi connectivity index (χ4n) is 1.97. The SMILES string of the molecule is Cc1ccc(C(=O)NC(C)c2ccccc2F)cc1N. The summed E-state index contributed by atoms with van der Waals surface area (Å²) in [6, 6.07) is 11.1. The molecule has 3 N–H and O–H groups in total. The van der Waals surface area contributed by atoms with E-state index in [-0.39, 0.29) is 11.7 Å². The first kappa shape index (κ1) is 14.1. The minimum Gasteiger partial charge on any atom is -0.398 e. The van der Waals surface area contributed by atoms with Gasteiger partial charge in [-0.3, -0.25) is 4.79 Å². The van der Waals surface area contributed by atoms with Gasteiger partial charge in [-0.05, 0) is 37.6 Å². The molecular formula is C16H17FN2O. The number of nitrogens with two attached hydrogens (primary N) is 1. The molecule has 1 atom stereocenters. The van der Waals surface area contributed by atoms with E-state index in [1.807, 2.05) is 6.92 Å². The van der Waals surface area contributed by atoms with Crippen LogP contribution >= 0.6 is 0 Å². The number of carbonyl (C=O) groups is 1. The molecule has 3 nitrogen and oxygen atoms in total. The number of benzene rings is 2. The first-order valence-corrected chi connectivity index (χ1v) is 6.40. The maximum Gasteiger partial charge on any atom is 0.251 e. The Bertz CT molecular complexity index is 640. The van der Waals surface area contributed by atoms with E-state index in [9.17, 15) is 9.18 Å². The molecule has 20 heavy (non-hydrogen) atoms. The lowest BCUT2D eigenvalue weighted by Gasteiger charge is -2.15. The van der Waals surface area contributed by atoms with Gasteiger partial charge >= 0.3 is 0 Å². The summed E-state index contributed by atoms with van der Waals surface area (Å²) in [7, 11) is 0. The molecule has 0 aliphatic rings. The van der Waals surface area contributed by atoms with Gasteiger partial charge in [0.25, 0.3) is 5.91 Å². The topological polar surface area (TPSA) is 55.1 Å². The summed E-state index contributed by atoms with van der Waals surface area (Å²) in [6.07, 6.45) is 0. The number of halogens is 1. The highest BCUT2D eigenvalue weighted by atomic mass is 19.1. The number of hydrogen-bond donors (Lipinski definition) is 2. The molecular weight excluding hydrogens is 255 g/mol. The van der Waals surface area contributed by atoms with Crippen molar-refractivity contribution in [3.8, 4) is 0 Å². The third kappa shape index (κ3) is 2.96. The van der Waals surface area contributed by atoms with E-state index in [0.29, 0.717) is 16.8 Å². The van der Waals surface area contributed by atoms with E-state index in [1.165, 1.54) is 6.07 Å². The van der Waals surface area contributed by atoms with Crippen LogP contribution in [0.5, 0.6) is 0 Å². The molecule has 0 fully saturated rings. The van der Waals surface area contributed by atoms with Crippen LogP contribution in [0.1, 0.15) is 34.5 Å². The molecule has 0 radical (unpaired) electrons. The summed E-state index contributed by atoms with van der Waals surface area (Å²) in [6.45, 7) is 3.62.